The highest BCUT2D eigenvalue weighted by Gasteiger charge is 2.34. The molecule has 0 aliphatic carbocycles. The van der Waals surface area contributed by atoms with Gasteiger partial charge in [-0.05, 0) is 13.0 Å². The van der Waals surface area contributed by atoms with Crippen LogP contribution >= 0.6 is 34.8 Å². The fourth-order valence-electron chi connectivity index (χ4n) is 0.934. The van der Waals surface area contributed by atoms with Gasteiger partial charge in [-0.2, -0.15) is 0 Å². The average molecular weight is 188 g/mol. The maximum absolute atomic E-state index is 5.63. The highest BCUT2D eigenvalue weighted by Crippen LogP contribution is 2.37. The molecule has 1 fully saturated rings. The van der Waals surface area contributed by atoms with E-state index < -0.39 is 3.79 Å². The Labute approximate surface area is 69.7 Å². The Balaban J connectivity index is 2.42. The molecule has 1 rings (SSSR count). The monoisotopic (exact) mass is 187 g/mol. The van der Waals surface area contributed by atoms with Crippen LogP contribution in [-0.4, -0.2) is 16.9 Å². The van der Waals surface area contributed by atoms with Crippen molar-refractivity contribution in [3.63, 3.8) is 0 Å². The molecule has 1 N–H and O–H groups in total. The molecule has 1 aliphatic rings. The van der Waals surface area contributed by atoms with Gasteiger partial charge in [0.1, 0.15) is 0 Å². The van der Waals surface area contributed by atoms with Crippen molar-refractivity contribution in [3.8, 4) is 0 Å². The van der Waals surface area contributed by atoms with Crippen LogP contribution in [0.4, 0.5) is 0 Å². The van der Waals surface area contributed by atoms with E-state index >= 15 is 0 Å². The van der Waals surface area contributed by atoms with E-state index in [0.29, 0.717) is 0 Å². The standard InChI is InChI=1S/C5H8Cl3N/c6-5(7,8)4-1-2-9-3-4/h4,9H,1-3H2/t4-/m1/s1. The smallest absolute Gasteiger partial charge is 0.194 e. The fraction of sp³-hybridized carbons (Fsp3) is 1.00. The molecule has 0 aromatic carbocycles. The summed E-state index contributed by atoms with van der Waals surface area (Å²) in [5.74, 6) is 0.197. The topological polar surface area (TPSA) is 12.0 Å². The third-order valence-corrected chi connectivity index (χ3v) is 2.45. The average Bonchev–Trinajstić information content (AvgIpc) is 2.08. The van der Waals surface area contributed by atoms with Crippen LogP contribution in [0.25, 0.3) is 0 Å². The van der Waals surface area contributed by atoms with Gasteiger partial charge in [0.25, 0.3) is 0 Å². The van der Waals surface area contributed by atoms with Crippen LogP contribution in [-0.2, 0) is 0 Å². The highest BCUT2D eigenvalue weighted by atomic mass is 35.6. The van der Waals surface area contributed by atoms with Crippen molar-refractivity contribution in [1.29, 1.82) is 0 Å². The van der Waals surface area contributed by atoms with Crippen molar-refractivity contribution in [2.24, 2.45) is 5.92 Å². The lowest BCUT2D eigenvalue weighted by molar-refractivity contribution is 0.597. The lowest BCUT2D eigenvalue weighted by Gasteiger charge is -2.17. The highest BCUT2D eigenvalue weighted by molar-refractivity contribution is 6.67. The molecule has 0 amide bonds. The van der Waals surface area contributed by atoms with Crippen molar-refractivity contribution < 1.29 is 0 Å². The van der Waals surface area contributed by atoms with E-state index in [0.717, 1.165) is 19.5 Å². The van der Waals surface area contributed by atoms with E-state index in [4.69, 9.17) is 34.8 Å². The van der Waals surface area contributed by atoms with Gasteiger partial charge in [-0.1, -0.05) is 34.8 Å². The van der Waals surface area contributed by atoms with Crippen LogP contribution < -0.4 is 5.32 Å². The summed E-state index contributed by atoms with van der Waals surface area (Å²) in [5.41, 5.74) is 0. The van der Waals surface area contributed by atoms with Crippen molar-refractivity contribution in [2.45, 2.75) is 10.2 Å². The van der Waals surface area contributed by atoms with E-state index in [1.807, 2.05) is 0 Å². The number of halogens is 3. The van der Waals surface area contributed by atoms with Gasteiger partial charge < -0.3 is 5.32 Å². The quantitative estimate of drug-likeness (QED) is 0.573. The molecular weight excluding hydrogens is 180 g/mol. The second kappa shape index (κ2) is 2.83. The minimum absolute atomic E-state index is 0.197. The summed E-state index contributed by atoms with van der Waals surface area (Å²) >= 11 is 16.9. The molecule has 0 unspecified atom stereocenters. The molecule has 54 valence electrons. The van der Waals surface area contributed by atoms with Crippen LogP contribution in [0.5, 0.6) is 0 Å². The third-order valence-electron chi connectivity index (χ3n) is 1.52. The second-order valence-corrected chi connectivity index (χ2v) is 4.60. The maximum Gasteiger partial charge on any atom is 0.194 e. The molecular formula is C5H8Cl3N. The zero-order valence-corrected chi connectivity index (χ0v) is 7.10. The Morgan fingerprint density at radius 1 is 1.33 bits per heavy atom. The maximum atomic E-state index is 5.63. The van der Waals surface area contributed by atoms with E-state index in [1.165, 1.54) is 0 Å². The summed E-state index contributed by atoms with van der Waals surface area (Å²) in [6.45, 7) is 1.80. The Morgan fingerprint density at radius 3 is 2.22 bits per heavy atom. The first-order valence-corrected chi connectivity index (χ1v) is 4.01. The molecule has 0 aromatic heterocycles. The van der Waals surface area contributed by atoms with E-state index in [-0.39, 0.29) is 5.92 Å². The van der Waals surface area contributed by atoms with Crippen molar-refractivity contribution in [3.05, 3.63) is 0 Å². The van der Waals surface area contributed by atoms with Gasteiger partial charge in [-0.25, -0.2) is 0 Å². The molecule has 9 heavy (non-hydrogen) atoms. The summed E-state index contributed by atoms with van der Waals surface area (Å²) in [4.78, 5) is 0. The van der Waals surface area contributed by atoms with Gasteiger partial charge in [0.2, 0.25) is 0 Å². The van der Waals surface area contributed by atoms with Gasteiger partial charge in [-0.15, -0.1) is 0 Å². The van der Waals surface area contributed by atoms with Crippen molar-refractivity contribution in [1.82, 2.24) is 5.32 Å². The molecule has 1 saturated heterocycles. The summed E-state index contributed by atoms with van der Waals surface area (Å²) in [6, 6.07) is 0. The van der Waals surface area contributed by atoms with Crippen LogP contribution in [0.15, 0.2) is 0 Å². The molecule has 0 bridgehead atoms. The van der Waals surface area contributed by atoms with Gasteiger partial charge in [0, 0.05) is 12.5 Å². The molecule has 0 aromatic rings. The second-order valence-electron chi connectivity index (χ2n) is 2.23. The third kappa shape index (κ3) is 2.15. The Kier molecular flexibility index (Phi) is 2.49. The number of alkyl halides is 3. The summed E-state index contributed by atoms with van der Waals surface area (Å²) in [5, 5.41) is 3.13. The Morgan fingerprint density at radius 2 is 2.00 bits per heavy atom. The lowest BCUT2D eigenvalue weighted by Crippen LogP contribution is -2.21. The first-order valence-electron chi connectivity index (χ1n) is 2.88. The number of hydrogen-bond acceptors (Lipinski definition) is 1. The van der Waals surface area contributed by atoms with Crippen LogP contribution in [0.3, 0.4) is 0 Å². The molecule has 0 spiro atoms. The van der Waals surface area contributed by atoms with Gasteiger partial charge in [0.05, 0.1) is 0 Å². The van der Waals surface area contributed by atoms with Crippen molar-refractivity contribution in [2.75, 3.05) is 13.1 Å². The molecule has 0 radical (unpaired) electrons. The molecule has 1 aliphatic heterocycles. The number of nitrogens with one attached hydrogen (secondary N) is 1. The molecule has 1 nitrogen and oxygen atoms in total. The van der Waals surface area contributed by atoms with E-state index in [9.17, 15) is 0 Å². The number of hydrogen-bond donors (Lipinski definition) is 1. The van der Waals surface area contributed by atoms with E-state index in [1.54, 1.807) is 0 Å². The predicted molar refractivity (Wildman–Crippen MR) is 41.3 cm³/mol. The molecule has 0 saturated carbocycles. The zero-order valence-electron chi connectivity index (χ0n) is 4.83. The minimum Gasteiger partial charge on any atom is -0.316 e. The fourth-order valence-corrected chi connectivity index (χ4v) is 1.49. The van der Waals surface area contributed by atoms with Crippen molar-refractivity contribution >= 4 is 34.8 Å². The predicted octanol–water partition coefficient (Wildman–Crippen LogP) is 1.97. The van der Waals surface area contributed by atoms with Crippen LogP contribution in [0.2, 0.25) is 0 Å². The lowest BCUT2D eigenvalue weighted by atomic mass is 10.1. The van der Waals surface area contributed by atoms with E-state index in [2.05, 4.69) is 5.32 Å². The Hall–Kier alpha value is 0.830. The number of rotatable bonds is 0. The zero-order chi connectivity index (χ0) is 6.91. The van der Waals surface area contributed by atoms with Gasteiger partial charge >= 0.3 is 0 Å². The van der Waals surface area contributed by atoms with Crippen LogP contribution in [0.1, 0.15) is 6.42 Å². The first kappa shape index (κ1) is 7.93. The van der Waals surface area contributed by atoms with Gasteiger partial charge in [-0.3, -0.25) is 0 Å². The normalized spacial score (nSPS) is 29.0. The molecule has 1 heterocycles. The molecule has 4 heteroatoms. The summed E-state index contributed by atoms with van der Waals surface area (Å²) in [7, 11) is 0. The minimum atomic E-state index is -1.07. The summed E-state index contributed by atoms with van der Waals surface area (Å²) < 4.78 is -1.07. The Bertz CT molecular complexity index is 92.9. The van der Waals surface area contributed by atoms with Gasteiger partial charge in [0.15, 0.2) is 3.79 Å². The molecule has 1 atom stereocenters. The van der Waals surface area contributed by atoms with Crippen LogP contribution in [0, 0.1) is 5.92 Å². The first-order chi connectivity index (χ1) is 4.11. The summed E-state index contributed by atoms with van der Waals surface area (Å²) in [6.07, 6.45) is 0.969. The largest absolute Gasteiger partial charge is 0.316 e. The SMILES string of the molecule is ClC(Cl)(Cl)[C@@H]1CCNC1.